The van der Waals surface area contributed by atoms with Crippen LogP contribution in [0.15, 0.2) is 42.5 Å². The number of hydrogen-bond donors (Lipinski definition) is 0. The molecule has 0 N–H and O–H groups in total. The highest BCUT2D eigenvalue weighted by Gasteiger charge is 2.11. The lowest BCUT2D eigenvalue weighted by molar-refractivity contribution is 0.626. The molecular weight excluding hydrogens is 282 g/mol. The van der Waals surface area contributed by atoms with Crippen molar-refractivity contribution in [3.8, 4) is 0 Å². The van der Waals surface area contributed by atoms with Gasteiger partial charge in [0.05, 0.1) is 16.9 Å². The Balaban J connectivity index is 2.08. The molecule has 0 unspecified atom stereocenters. The maximum Gasteiger partial charge on any atom is 0.125 e. The predicted molar refractivity (Wildman–Crippen MR) is 74.8 cm³/mol. The molecule has 0 fully saturated rings. The molecule has 0 aliphatic carbocycles. The first-order chi connectivity index (χ1) is 9.67. The summed E-state index contributed by atoms with van der Waals surface area (Å²) in [6.45, 7) is 0.474. The van der Waals surface area contributed by atoms with Crippen LogP contribution < -0.4 is 0 Å². The van der Waals surface area contributed by atoms with Crippen molar-refractivity contribution in [1.82, 2.24) is 9.55 Å². The molecule has 1 heterocycles. The molecule has 1 aromatic heterocycles. The molecule has 0 aliphatic heterocycles. The first-order valence-electron chi connectivity index (χ1n) is 6.12. The van der Waals surface area contributed by atoms with Gasteiger partial charge in [-0.3, -0.25) is 0 Å². The minimum Gasteiger partial charge on any atom is -0.322 e. The summed E-state index contributed by atoms with van der Waals surface area (Å²) in [4.78, 5) is 4.38. The van der Waals surface area contributed by atoms with Crippen molar-refractivity contribution in [1.29, 1.82) is 0 Å². The maximum absolute atomic E-state index is 13.4. The summed E-state index contributed by atoms with van der Waals surface area (Å²) < 4.78 is 28.2. The molecule has 2 aromatic carbocycles. The van der Waals surface area contributed by atoms with Crippen molar-refractivity contribution >= 4 is 22.6 Å². The van der Waals surface area contributed by atoms with Crippen LogP contribution in [0.4, 0.5) is 8.78 Å². The molecule has 0 spiro atoms. The van der Waals surface area contributed by atoms with Crippen LogP contribution in [0.3, 0.4) is 0 Å². The van der Waals surface area contributed by atoms with Crippen LogP contribution in [0.2, 0.25) is 0 Å². The van der Waals surface area contributed by atoms with E-state index in [0.717, 1.165) is 5.56 Å². The highest BCUT2D eigenvalue weighted by molar-refractivity contribution is 6.16. The molecule has 20 heavy (non-hydrogen) atoms. The van der Waals surface area contributed by atoms with Crippen molar-refractivity contribution in [3.05, 3.63) is 65.5 Å². The highest BCUT2D eigenvalue weighted by Crippen LogP contribution is 2.20. The number of benzene rings is 2. The van der Waals surface area contributed by atoms with Crippen molar-refractivity contribution in [2.75, 3.05) is 0 Å². The summed E-state index contributed by atoms with van der Waals surface area (Å²) in [5, 5.41) is 0. The van der Waals surface area contributed by atoms with E-state index in [2.05, 4.69) is 4.98 Å². The topological polar surface area (TPSA) is 17.8 Å². The van der Waals surface area contributed by atoms with E-state index in [0.29, 0.717) is 23.4 Å². The monoisotopic (exact) mass is 292 g/mol. The summed E-state index contributed by atoms with van der Waals surface area (Å²) >= 11 is 5.90. The van der Waals surface area contributed by atoms with Crippen LogP contribution in [0, 0.1) is 11.6 Å². The lowest BCUT2D eigenvalue weighted by Gasteiger charge is -2.08. The molecule has 3 rings (SSSR count). The van der Waals surface area contributed by atoms with Crippen molar-refractivity contribution in [2.45, 2.75) is 12.4 Å². The van der Waals surface area contributed by atoms with Crippen LogP contribution in [0.1, 0.15) is 11.4 Å². The zero-order valence-corrected chi connectivity index (χ0v) is 11.2. The van der Waals surface area contributed by atoms with Crippen molar-refractivity contribution in [3.63, 3.8) is 0 Å². The molecule has 0 radical (unpaired) electrons. The molecule has 2 nitrogen and oxygen atoms in total. The summed E-state index contributed by atoms with van der Waals surface area (Å²) in [7, 11) is 0. The predicted octanol–water partition coefficient (Wildman–Crippen LogP) is 4.10. The third-order valence-corrected chi connectivity index (χ3v) is 3.40. The van der Waals surface area contributed by atoms with Crippen molar-refractivity contribution in [2.24, 2.45) is 0 Å². The largest absolute Gasteiger partial charge is 0.322 e. The Labute approximate surface area is 119 Å². The normalized spacial score (nSPS) is 11.2. The first kappa shape index (κ1) is 13.1. The molecule has 3 aromatic rings. The number of halogens is 3. The molecule has 0 saturated carbocycles. The number of nitrogens with zero attached hydrogens (tertiary/aromatic N) is 2. The fraction of sp³-hybridized carbons (Fsp3) is 0.133. The average Bonchev–Trinajstić information content (AvgIpc) is 2.79. The van der Waals surface area contributed by atoms with Crippen LogP contribution in [-0.4, -0.2) is 9.55 Å². The standard InChI is InChI=1S/C15H11ClF2N2/c16-8-15-19-13-6-5-12(18)7-14(13)20(15)9-10-1-3-11(17)4-2-10/h1-7H,8-9H2. The summed E-state index contributed by atoms with van der Waals surface area (Å²) in [5.41, 5.74) is 2.29. The van der Waals surface area contributed by atoms with E-state index in [-0.39, 0.29) is 17.5 Å². The van der Waals surface area contributed by atoms with Crippen LogP contribution in [-0.2, 0) is 12.4 Å². The number of rotatable bonds is 3. The molecular formula is C15H11ClF2N2. The van der Waals surface area contributed by atoms with Crippen LogP contribution in [0.5, 0.6) is 0 Å². The van der Waals surface area contributed by atoms with E-state index in [1.165, 1.54) is 24.3 Å². The van der Waals surface area contributed by atoms with Gasteiger partial charge in [-0.05, 0) is 35.9 Å². The minimum absolute atomic E-state index is 0.234. The summed E-state index contributed by atoms with van der Waals surface area (Å²) in [6.07, 6.45) is 0. The Bertz CT molecular complexity index is 750. The molecule has 102 valence electrons. The van der Waals surface area contributed by atoms with Gasteiger partial charge in [-0.25, -0.2) is 13.8 Å². The third kappa shape index (κ3) is 2.39. The number of imidazole rings is 1. The van der Waals surface area contributed by atoms with Gasteiger partial charge in [-0.1, -0.05) is 12.1 Å². The quantitative estimate of drug-likeness (QED) is 0.665. The van der Waals surface area contributed by atoms with E-state index in [4.69, 9.17) is 11.6 Å². The second kappa shape index (κ2) is 5.21. The summed E-state index contributed by atoms with van der Waals surface area (Å²) in [6, 6.07) is 10.6. The molecule has 0 saturated heterocycles. The van der Waals surface area contributed by atoms with E-state index >= 15 is 0 Å². The van der Waals surface area contributed by atoms with E-state index < -0.39 is 0 Å². The molecule has 0 aliphatic rings. The molecule has 0 amide bonds. The van der Waals surface area contributed by atoms with Gasteiger partial charge in [0.2, 0.25) is 0 Å². The number of fused-ring (bicyclic) bond motifs is 1. The Morgan fingerprint density at radius 1 is 1.00 bits per heavy atom. The van der Waals surface area contributed by atoms with Gasteiger partial charge in [0.1, 0.15) is 17.5 Å². The molecule has 0 atom stereocenters. The number of aromatic nitrogens is 2. The van der Waals surface area contributed by atoms with Gasteiger partial charge in [-0.15, -0.1) is 11.6 Å². The van der Waals surface area contributed by atoms with Crippen LogP contribution >= 0.6 is 11.6 Å². The summed E-state index contributed by atoms with van der Waals surface area (Å²) in [5.74, 6) is 0.292. The second-order valence-corrected chi connectivity index (χ2v) is 4.77. The Morgan fingerprint density at radius 3 is 2.40 bits per heavy atom. The highest BCUT2D eigenvalue weighted by atomic mass is 35.5. The second-order valence-electron chi connectivity index (χ2n) is 4.51. The van der Waals surface area contributed by atoms with Gasteiger partial charge >= 0.3 is 0 Å². The van der Waals surface area contributed by atoms with E-state index in [9.17, 15) is 8.78 Å². The fourth-order valence-electron chi connectivity index (χ4n) is 2.20. The zero-order valence-electron chi connectivity index (χ0n) is 10.5. The first-order valence-corrected chi connectivity index (χ1v) is 6.66. The van der Waals surface area contributed by atoms with Gasteiger partial charge in [-0.2, -0.15) is 0 Å². The maximum atomic E-state index is 13.4. The van der Waals surface area contributed by atoms with Gasteiger partial charge in [0.25, 0.3) is 0 Å². The van der Waals surface area contributed by atoms with Gasteiger partial charge in [0, 0.05) is 6.54 Å². The molecule has 0 bridgehead atoms. The number of alkyl halides is 1. The van der Waals surface area contributed by atoms with E-state index in [1.54, 1.807) is 18.2 Å². The minimum atomic E-state index is -0.320. The molecule has 5 heteroatoms. The fourth-order valence-corrected chi connectivity index (χ4v) is 2.40. The third-order valence-electron chi connectivity index (χ3n) is 3.16. The number of hydrogen-bond acceptors (Lipinski definition) is 1. The average molecular weight is 293 g/mol. The Hall–Kier alpha value is -1.94. The van der Waals surface area contributed by atoms with Crippen LogP contribution in [0.25, 0.3) is 11.0 Å². The Kier molecular flexibility index (Phi) is 3.40. The van der Waals surface area contributed by atoms with E-state index in [1.807, 2.05) is 4.57 Å². The zero-order chi connectivity index (χ0) is 14.1. The Morgan fingerprint density at radius 2 is 1.70 bits per heavy atom. The smallest absolute Gasteiger partial charge is 0.125 e. The van der Waals surface area contributed by atoms with Gasteiger partial charge in [0.15, 0.2) is 0 Å². The van der Waals surface area contributed by atoms with Crippen molar-refractivity contribution < 1.29 is 8.78 Å². The lowest BCUT2D eigenvalue weighted by Crippen LogP contribution is -2.04. The van der Waals surface area contributed by atoms with Gasteiger partial charge < -0.3 is 4.57 Å². The lowest BCUT2D eigenvalue weighted by atomic mass is 10.2. The SMILES string of the molecule is Fc1ccc(Cn2c(CCl)nc3ccc(F)cc32)cc1.